The lowest BCUT2D eigenvalue weighted by Crippen LogP contribution is -2.52. The molecular formula is C8H15ClN2O3. The molecule has 0 spiro atoms. The predicted octanol–water partition coefficient (Wildman–Crippen LogP) is 0.476. The number of nitrogens with one attached hydrogen (secondary N) is 2. The Kier molecular flexibility index (Phi) is 5.49. The summed E-state index contributed by atoms with van der Waals surface area (Å²) in [4.78, 5) is 21.9. The van der Waals surface area contributed by atoms with Gasteiger partial charge in [-0.05, 0) is 13.8 Å². The van der Waals surface area contributed by atoms with Crippen LogP contribution in [0.4, 0.5) is 4.79 Å². The Bertz CT molecular complexity index is 219. The summed E-state index contributed by atoms with van der Waals surface area (Å²) in [5.41, 5.74) is -0.522. The Hall–Kier alpha value is -0.810. The van der Waals surface area contributed by atoms with Crippen LogP contribution in [0.5, 0.6) is 0 Å². The zero-order valence-corrected chi connectivity index (χ0v) is 9.27. The van der Waals surface area contributed by atoms with Gasteiger partial charge in [-0.25, -0.2) is 4.79 Å². The van der Waals surface area contributed by atoms with Crippen molar-refractivity contribution in [1.82, 2.24) is 10.6 Å². The van der Waals surface area contributed by atoms with Gasteiger partial charge < -0.3 is 10.1 Å². The molecule has 0 aromatic heterocycles. The number of urea groups is 1. The number of imide groups is 1. The maximum absolute atomic E-state index is 11.1. The van der Waals surface area contributed by atoms with E-state index < -0.39 is 17.5 Å². The topological polar surface area (TPSA) is 67.4 Å². The average molecular weight is 223 g/mol. The molecule has 0 aromatic carbocycles. The Morgan fingerprint density at radius 1 is 1.43 bits per heavy atom. The number of hydrogen-bond donors (Lipinski definition) is 2. The van der Waals surface area contributed by atoms with Gasteiger partial charge in [0.15, 0.2) is 0 Å². The minimum Gasteiger partial charge on any atom is -0.382 e. The third-order valence-electron chi connectivity index (χ3n) is 1.33. The summed E-state index contributed by atoms with van der Waals surface area (Å²) in [6.07, 6.45) is 0. The van der Waals surface area contributed by atoms with E-state index >= 15 is 0 Å². The number of alkyl halides is 1. The van der Waals surface area contributed by atoms with Crippen molar-refractivity contribution in [2.45, 2.75) is 19.4 Å². The van der Waals surface area contributed by atoms with E-state index in [1.807, 2.05) is 0 Å². The molecule has 0 heterocycles. The molecule has 3 amide bonds. The van der Waals surface area contributed by atoms with Crippen LogP contribution in [0.2, 0.25) is 0 Å². The number of halogens is 1. The van der Waals surface area contributed by atoms with Crippen LogP contribution >= 0.6 is 11.6 Å². The van der Waals surface area contributed by atoms with Gasteiger partial charge in [0, 0.05) is 7.11 Å². The van der Waals surface area contributed by atoms with Crippen LogP contribution < -0.4 is 10.6 Å². The zero-order chi connectivity index (χ0) is 11.2. The highest BCUT2D eigenvalue weighted by molar-refractivity contribution is 6.28. The molecule has 0 saturated carbocycles. The first-order valence-electron chi connectivity index (χ1n) is 4.08. The van der Waals surface area contributed by atoms with E-state index in [2.05, 4.69) is 10.6 Å². The summed E-state index contributed by atoms with van der Waals surface area (Å²) in [6, 6.07) is -0.572. The van der Waals surface area contributed by atoms with Crippen molar-refractivity contribution in [3.8, 4) is 0 Å². The van der Waals surface area contributed by atoms with E-state index in [0.29, 0.717) is 6.61 Å². The number of carbonyl (C=O) groups excluding carboxylic acids is 2. The first-order valence-corrected chi connectivity index (χ1v) is 4.61. The molecule has 0 rings (SSSR count). The number of amides is 3. The van der Waals surface area contributed by atoms with Crippen molar-refractivity contribution in [1.29, 1.82) is 0 Å². The monoisotopic (exact) mass is 222 g/mol. The van der Waals surface area contributed by atoms with Gasteiger partial charge in [-0.1, -0.05) is 0 Å². The second-order valence-electron chi connectivity index (χ2n) is 3.45. The van der Waals surface area contributed by atoms with Crippen LogP contribution in [0.15, 0.2) is 0 Å². The molecule has 5 nitrogen and oxygen atoms in total. The van der Waals surface area contributed by atoms with Gasteiger partial charge in [-0.2, -0.15) is 0 Å². The van der Waals surface area contributed by atoms with Gasteiger partial charge in [-0.3, -0.25) is 10.1 Å². The highest BCUT2D eigenvalue weighted by Gasteiger charge is 2.20. The number of rotatable bonds is 4. The number of hydrogen-bond acceptors (Lipinski definition) is 3. The second kappa shape index (κ2) is 5.82. The summed E-state index contributed by atoms with van der Waals surface area (Å²) in [5, 5.41) is 4.64. The molecule has 0 saturated heterocycles. The van der Waals surface area contributed by atoms with Gasteiger partial charge in [0.1, 0.15) is 5.88 Å². The predicted molar refractivity (Wildman–Crippen MR) is 53.3 cm³/mol. The Morgan fingerprint density at radius 2 is 2.00 bits per heavy atom. The molecule has 0 aliphatic carbocycles. The maximum atomic E-state index is 11.1. The van der Waals surface area contributed by atoms with Gasteiger partial charge in [-0.15, -0.1) is 11.6 Å². The van der Waals surface area contributed by atoms with E-state index in [9.17, 15) is 9.59 Å². The van der Waals surface area contributed by atoms with E-state index in [4.69, 9.17) is 16.3 Å². The van der Waals surface area contributed by atoms with Crippen molar-refractivity contribution in [3.63, 3.8) is 0 Å². The van der Waals surface area contributed by atoms with Crippen LogP contribution in [0.1, 0.15) is 13.8 Å². The van der Waals surface area contributed by atoms with Crippen LogP contribution in [0.25, 0.3) is 0 Å². The van der Waals surface area contributed by atoms with Crippen LogP contribution in [0, 0.1) is 0 Å². The minimum absolute atomic E-state index is 0.238. The van der Waals surface area contributed by atoms with Crippen molar-refractivity contribution in [2.24, 2.45) is 0 Å². The summed E-state index contributed by atoms with van der Waals surface area (Å²) < 4.78 is 4.89. The highest BCUT2D eigenvalue weighted by Crippen LogP contribution is 2.01. The number of carbonyl (C=O) groups is 2. The van der Waals surface area contributed by atoms with Crippen molar-refractivity contribution >= 4 is 23.5 Å². The van der Waals surface area contributed by atoms with Gasteiger partial charge >= 0.3 is 6.03 Å². The number of methoxy groups -OCH3 is 1. The SMILES string of the molecule is COCC(C)(C)NC(=O)NC(=O)CCl. The minimum atomic E-state index is -0.572. The van der Waals surface area contributed by atoms with E-state index in [1.165, 1.54) is 7.11 Å². The normalized spacial score (nSPS) is 10.9. The molecule has 0 unspecified atom stereocenters. The smallest absolute Gasteiger partial charge is 0.321 e. The summed E-state index contributed by atoms with van der Waals surface area (Å²) in [6.45, 7) is 3.91. The Labute approximate surface area is 88.1 Å². The molecule has 0 bridgehead atoms. The molecule has 6 heteroatoms. The molecule has 0 aromatic rings. The zero-order valence-electron chi connectivity index (χ0n) is 8.52. The summed E-state index contributed by atoms with van der Waals surface area (Å²) in [5.74, 6) is -0.768. The summed E-state index contributed by atoms with van der Waals surface area (Å²) >= 11 is 5.21. The van der Waals surface area contributed by atoms with Crippen LogP contribution in [-0.4, -0.2) is 37.1 Å². The van der Waals surface area contributed by atoms with Crippen molar-refractivity contribution < 1.29 is 14.3 Å². The van der Waals surface area contributed by atoms with E-state index in [1.54, 1.807) is 13.8 Å². The molecule has 14 heavy (non-hydrogen) atoms. The lowest BCUT2D eigenvalue weighted by atomic mass is 10.1. The van der Waals surface area contributed by atoms with E-state index in [-0.39, 0.29) is 5.88 Å². The third kappa shape index (κ3) is 5.77. The van der Waals surface area contributed by atoms with Gasteiger partial charge in [0.2, 0.25) is 5.91 Å². The quantitative estimate of drug-likeness (QED) is 0.680. The summed E-state index contributed by atoms with van der Waals surface area (Å²) in [7, 11) is 1.53. The Morgan fingerprint density at radius 3 is 2.43 bits per heavy atom. The standard InChI is InChI=1S/C8H15ClN2O3/c1-8(2,5-14-3)11-7(13)10-6(12)4-9/h4-5H2,1-3H3,(H2,10,11,12,13). The van der Waals surface area contributed by atoms with Gasteiger partial charge in [0.05, 0.1) is 12.1 Å². The van der Waals surface area contributed by atoms with Crippen molar-refractivity contribution in [2.75, 3.05) is 19.6 Å². The first kappa shape index (κ1) is 13.2. The molecule has 2 N–H and O–H groups in total. The molecule has 0 atom stereocenters. The largest absolute Gasteiger partial charge is 0.382 e. The molecule has 0 aliphatic rings. The fourth-order valence-corrected chi connectivity index (χ4v) is 0.962. The van der Waals surface area contributed by atoms with Crippen molar-refractivity contribution in [3.05, 3.63) is 0 Å². The lowest BCUT2D eigenvalue weighted by molar-refractivity contribution is -0.117. The molecule has 0 radical (unpaired) electrons. The fourth-order valence-electron chi connectivity index (χ4n) is 0.896. The average Bonchev–Trinajstić information content (AvgIpc) is 2.02. The Balaban J connectivity index is 3.98. The van der Waals surface area contributed by atoms with E-state index in [0.717, 1.165) is 0 Å². The molecular weight excluding hydrogens is 208 g/mol. The lowest BCUT2D eigenvalue weighted by Gasteiger charge is -2.24. The number of ether oxygens (including phenoxy) is 1. The first-order chi connectivity index (χ1) is 6.41. The highest BCUT2D eigenvalue weighted by atomic mass is 35.5. The molecule has 0 aliphatic heterocycles. The van der Waals surface area contributed by atoms with Gasteiger partial charge in [0.25, 0.3) is 0 Å². The molecule has 82 valence electrons. The molecule has 0 fully saturated rings. The van der Waals surface area contributed by atoms with Crippen LogP contribution in [0.3, 0.4) is 0 Å². The maximum Gasteiger partial charge on any atom is 0.321 e. The fraction of sp³-hybridized carbons (Fsp3) is 0.750. The second-order valence-corrected chi connectivity index (χ2v) is 3.72. The third-order valence-corrected chi connectivity index (χ3v) is 1.57. The van der Waals surface area contributed by atoms with Crippen LogP contribution in [-0.2, 0) is 9.53 Å².